The highest BCUT2D eigenvalue weighted by atomic mass is 127. The predicted molar refractivity (Wildman–Crippen MR) is 143 cm³/mol. The SMILES string of the molecule is CN=C(NCC1CCN(CCc2ccccc2)C1)NCC(C)Oc1ccccc1OC.I. The maximum Gasteiger partial charge on any atom is 0.191 e. The van der Waals surface area contributed by atoms with E-state index in [1.165, 1.54) is 18.5 Å². The maximum atomic E-state index is 6.01. The number of methoxy groups -OCH3 is 1. The second kappa shape index (κ2) is 14.2. The van der Waals surface area contributed by atoms with E-state index in [4.69, 9.17) is 9.47 Å². The van der Waals surface area contributed by atoms with E-state index in [9.17, 15) is 0 Å². The van der Waals surface area contributed by atoms with Gasteiger partial charge < -0.3 is 25.0 Å². The molecule has 176 valence electrons. The summed E-state index contributed by atoms with van der Waals surface area (Å²) in [5.74, 6) is 2.97. The van der Waals surface area contributed by atoms with E-state index >= 15 is 0 Å². The number of rotatable bonds is 10. The molecular formula is C25H37IN4O2. The number of ether oxygens (including phenoxy) is 2. The molecule has 0 radical (unpaired) electrons. The van der Waals surface area contributed by atoms with Gasteiger partial charge in [0.1, 0.15) is 6.10 Å². The highest BCUT2D eigenvalue weighted by Gasteiger charge is 2.22. The zero-order chi connectivity index (χ0) is 21.9. The summed E-state index contributed by atoms with van der Waals surface area (Å²) in [5, 5.41) is 6.85. The van der Waals surface area contributed by atoms with Crippen molar-refractivity contribution in [2.24, 2.45) is 10.9 Å². The Labute approximate surface area is 209 Å². The molecule has 0 aromatic heterocycles. The molecule has 2 atom stereocenters. The van der Waals surface area contributed by atoms with Crippen molar-refractivity contribution in [2.45, 2.75) is 25.9 Å². The number of para-hydroxylation sites is 2. The molecule has 32 heavy (non-hydrogen) atoms. The third kappa shape index (κ3) is 8.50. The van der Waals surface area contributed by atoms with Gasteiger partial charge in [0.2, 0.25) is 0 Å². The Morgan fingerprint density at radius 1 is 1.09 bits per heavy atom. The number of nitrogens with zero attached hydrogens (tertiary/aromatic N) is 2. The van der Waals surface area contributed by atoms with Crippen molar-refractivity contribution in [3.05, 3.63) is 60.2 Å². The van der Waals surface area contributed by atoms with Gasteiger partial charge in [-0.1, -0.05) is 42.5 Å². The monoisotopic (exact) mass is 552 g/mol. The first-order chi connectivity index (χ1) is 15.2. The predicted octanol–water partition coefficient (Wildman–Crippen LogP) is 3.81. The van der Waals surface area contributed by atoms with Crippen LogP contribution in [0.25, 0.3) is 0 Å². The van der Waals surface area contributed by atoms with E-state index in [-0.39, 0.29) is 30.1 Å². The minimum Gasteiger partial charge on any atom is -0.493 e. The van der Waals surface area contributed by atoms with Gasteiger partial charge in [0, 0.05) is 26.7 Å². The molecule has 1 aliphatic heterocycles. The molecule has 6 nitrogen and oxygen atoms in total. The van der Waals surface area contributed by atoms with E-state index in [1.807, 2.05) is 38.2 Å². The Morgan fingerprint density at radius 3 is 2.53 bits per heavy atom. The first-order valence-electron chi connectivity index (χ1n) is 11.2. The molecule has 2 aromatic carbocycles. The molecule has 0 amide bonds. The molecule has 7 heteroatoms. The fourth-order valence-electron chi connectivity index (χ4n) is 3.89. The van der Waals surface area contributed by atoms with Crippen molar-refractivity contribution in [1.82, 2.24) is 15.5 Å². The van der Waals surface area contributed by atoms with Crippen LogP contribution in [0.1, 0.15) is 18.9 Å². The molecule has 1 saturated heterocycles. The molecule has 0 aliphatic carbocycles. The third-order valence-corrected chi connectivity index (χ3v) is 5.67. The number of hydrogen-bond donors (Lipinski definition) is 2. The lowest BCUT2D eigenvalue weighted by Crippen LogP contribution is -2.43. The summed E-state index contributed by atoms with van der Waals surface area (Å²) in [6, 6.07) is 18.4. The number of aliphatic imine (C=N–C) groups is 1. The molecule has 0 spiro atoms. The van der Waals surface area contributed by atoms with E-state index in [0.29, 0.717) is 12.5 Å². The van der Waals surface area contributed by atoms with Crippen LogP contribution < -0.4 is 20.1 Å². The molecule has 3 rings (SSSR count). The van der Waals surface area contributed by atoms with Crippen LogP contribution in [0.15, 0.2) is 59.6 Å². The Balaban J connectivity index is 0.00000363. The molecule has 2 aromatic rings. The summed E-state index contributed by atoms with van der Waals surface area (Å²) in [6.07, 6.45) is 2.33. The fraction of sp³-hybridized carbons (Fsp3) is 0.480. The summed E-state index contributed by atoms with van der Waals surface area (Å²) < 4.78 is 11.4. The number of benzene rings is 2. The van der Waals surface area contributed by atoms with Gasteiger partial charge in [-0.25, -0.2) is 0 Å². The Kier molecular flexibility index (Phi) is 11.7. The lowest BCUT2D eigenvalue weighted by Gasteiger charge is -2.20. The van der Waals surface area contributed by atoms with Gasteiger partial charge in [0.15, 0.2) is 17.5 Å². The topological polar surface area (TPSA) is 58.1 Å². The van der Waals surface area contributed by atoms with Gasteiger partial charge in [-0.3, -0.25) is 4.99 Å². The van der Waals surface area contributed by atoms with Crippen molar-refractivity contribution in [3.63, 3.8) is 0 Å². The van der Waals surface area contributed by atoms with Gasteiger partial charge in [0.25, 0.3) is 0 Å². The minimum absolute atomic E-state index is 0. The number of halogens is 1. The van der Waals surface area contributed by atoms with Crippen molar-refractivity contribution in [1.29, 1.82) is 0 Å². The normalized spacial score (nSPS) is 17.3. The average molecular weight is 553 g/mol. The van der Waals surface area contributed by atoms with Crippen LogP contribution in [0.2, 0.25) is 0 Å². The maximum absolute atomic E-state index is 6.01. The molecule has 0 saturated carbocycles. The Bertz CT molecular complexity index is 819. The van der Waals surface area contributed by atoms with Crippen LogP contribution in [0, 0.1) is 5.92 Å². The van der Waals surface area contributed by atoms with Crippen molar-refractivity contribution in [2.75, 3.05) is 46.9 Å². The quantitative estimate of drug-likeness (QED) is 0.267. The van der Waals surface area contributed by atoms with Crippen LogP contribution in [-0.2, 0) is 6.42 Å². The van der Waals surface area contributed by atoms with Gasteiger partial charge >= 0.3 is 0 Å². The summed E-state index contributed by atoms with van der Waals surface area (Å²) in [4.78, 5) is 6.93. The van der Waals surface area contributed by atoms with Crippen LogP contribution in [0.5, 0.6) is 11.5 Å². The average Bonchev–Trinajstić information content (AvgIpc) is 3.26. The molecule has 2 N–H and O–H groups in total. The van der Waals surface area contributed by atoms with Gasteiger partial charge in [-0.05, 0) is 49.9 Å². The second-order valence-electron chi connectivity index (χ2n) is 8.10. The smallest absolute Gasteiger partial charge is 0.191 e. The number of likely N-dealkylation sites (tertiary alicyclic amines) is 1. The van der Waals surface area contributed by atoms with E-state index in [0.717, 1.165) is 43.5 Å². The van der Waals surface area contributed by atoms with Crippen LogP contribution in [0.3, 0.4) is 0 Å². The van der Waals surface area contributed by atoms with Gasteiger partial charge in [-0.2, -0.15) is 0 Å². The number of hydrogen-bond acceptors (Lipinski definition) is 4. The molecule has 0 bridgehead atoms. The molecular weight excluding hydrogens is 515 g/mol. The van der Waals surface area contributed by atoms with E-state index in [2.05, 4.69) is 50.9 Å². The zero-order valence-corrected chi connectivity index (χ0v) is 21.8. The van der Waals surface area contributed by atoms with Crippen LogP contribution in [-0.4, -0.2) is 63.8 Å². The number of guanidine groups is 1. The van der Waals surface area contributed by atoms with E-state index in [1.54, 1.807) is 7.11 Å². The largest absolute Gasteiger partial charge is 0.493 e. The first kappa shape index (κ1) is 26.3. The van der Waals surface area contributed by atoms with Crippen LogP contribution in [0.4, 0.5) is 0 Å². The molecule has 1 aliphatic rings. The fourth-order valence-corrected chi connectivity index (χ4v) is 3.89. The lowest BCUT2D eigenvalue weighted by molar-refractivity contribution is 0.213. The van der Waals surface area contributed by atoms with Gasteiger partial charge in [-0.15, -0.1) is 24.0 Å². The Morgan fingerprint density at radius 2 is 1.81 bits per heavy atom. The summed E-state index contributed by atoms with van der Waals surface area (Å²) in [7, 11) is 3.46. The summed E-state index contributed by atoms with van der Waals surface area (Å²) in [5.41, 5.74) is 1.41. The first-order valence-corrected chi connectivity index (χ1v) is 11.2. The third-order valence-electron chi connectivity index (χ3n) is 5.67. The molecule has 1 heterocycles. The highest BCUT2D eigenvalue weighted by Crippen LogP contribution is 2.26. The zero-order valence-electron chi connectivity index (χ0n) is 19.4. The second-order valence-corrected chi connectivity index (χ2v) is 8.10. The summed E-state index contributed by atoms with van der Waals surface area (Å²) >= 11 is 0. The molecule has 1 fully saturated rings. The van der Waals surface area contributed by atoms with Gasteiger partial charge in [0.05, 0.1) is 13.7 Å². The Hall–Kier alpha value is -2.00. The number of nitrogens with one attached hydrogen (secondary N) is 2. The van der Waals surface area contributed by atoms with Crippen molar-refractivity contribution in [3.8, 4) is 11.5 Å². The highest BCUT2D eigenvalue weighted by molar-refractivity contribution is 14.0. The van der Waals surface area contributed by atoms with Crippen molar-refractivity contribution >= 4 is 29.9 Å². The van der Waals surface area contributed by atoms with E-state index < -0.39 is 0 Å². The lowest BCUT2D eigenvalue weighted by atomic mass is 10.1. The van der Waals surface area contributed by atoms with Crippen LogP contribution >= 0.6 is 24.0 Å². The van der Waals surface area contributed by atoms with Crippen molar-refractivity contribution < 1.29 is 9.47 Å². The summed E-state index contributed by atoms with van der Waals surface area (Å²) in [6.45, 7) is 7.08. The standard InChI is InChI=1S/C25H36N4O2.HI/c1-20(31-24-12-8-7-11-23(24)30-3)17-27-25(26-2)28-18-22-14-16-29(19-22)15-13-21-9-5-4-6-10-21;/h4-12,20,22H,13-19H2,1-3H3,(H2,26,27,28);1H. The molecule has 2 unspecified atom stereocenters. The minimum atomic E-state index is -0.0187.